The lowest BCUT2D eigenvalue weighted by Crippen LogP contribution is -2.40. The van der Waals surface area contributed by atoms with Crippen molar-refractivity contribution in [3.63, 3.8) is 0 Å². The molecule has 2 N–H and O–H groups in total. The van der Waals surface area contributed by atoms with E-state index < -0.39 is 5.82 Å². The second kappa shape index (κ2) is 9.83. The molecule has 0 aliphatic carbocycles. The van der Waals surface area contributed by atoms with Gasteiger partial charge in [-0.3, -0.25) is 4.84 Å². The zero-order chi connectivity index (χ0) is 24.5. The van der Waals surface area contributed by atoms with Crippen molar-refractivity contribution >= 4 is 33.2 Å². The van der Waals surface area contributed by atoms with Gasteiger partial charge in [-0.25, -0.2) is 19.3 Å². The monoisotopic (exact) mass is 493 g/mol. The van der Waals surface area contributed by atoms with Gasteiger partial charge in [-0.2, -0.15) is 0 Å². The number of aromatic nitrogens is 4. The van der Waals surface area contributed by atoms with Crippen LogP contribution in [0.25, 0.3) is 20.7 Å². The number of fused-ring (bicyclic) bond motifs is 1. The van der Waals surface area contributed by atoms with Crippen molar-refractivity contribution in [2.75, 3.05) is 25.5 Å². The first kappa shape index (κ1) is 23.6. The zero-order valence-corrected chi connectivity index (χ0v) is 21.2. The van der Waals surface area contributed by atoms with E-state index in [9.17, 15) is 4.39 Å². The van der Waals surface area contributed by atoms with Gasteiger partial charge in [0.2, 0.25) is 18.3 Å². The van der Waals surface area contributed by atoms with Crippen LogP contribution in [0.15, 0.2) is 36.9 Å². The van der Waals surface area contributed by atoms with Gasteiger partial charge in [0.1, 0.15) is 18.6 Å². The van der Waals surface area contributed by atoms with E-state index in [-0.39, 0.29) is 11.6 Å². The van der Waals surface area contributed by atoms with Gasteiger partial charge in [0.15, 0.2) is 5.82 Å². The first-order valence-corrected chi connectivity index (χ1v) is 12.8. The van der Waals surface area contributed by atoms with Crippen molar-refractivity contribution in [1.82, 2.24) is 20.3 Å². The molecule has 5 rings (SSSR count). The fourth-order valence-corrected chi connectivity index (χ4v) is 6.01. The summed E-state index contributed by atoms with van der Waals surface area (Å²) >= 11 is 1.55. The smallest absolute Gasteiger partial charge is 0.231 e. The minimum Gasteiger partial charge on any atom is -0.317 e. The van der Waals surface area contributed by atoms with E-state index in [4.69, 9.17) is 4.84 Å². The standard InChI is InChI=1S/C26H30FN6OS/c1-15(2)19-13-33(34-4)14-20-16(3)24(35-25(19)20)23-21(27)12-30-26(32-23)31-22-6-5-18(11-29-22)17-7-9-28-10-8-17/h5-6,11-15,17,28H,7-10H2,1-4H3,(H,29,30,31,32)/q+1. The molecule has 7 nitrogen and oxygen atoms in total. The summed E-state index contributed by atoms with van der Waals surface area (Å²) in [6, 6.07) is 4.04. The number of nitrogens with one attached hydrogen (secondary N) is 2. The summed E-state index contributed by atoms with van der Waals surface area (Å²) in [5.41, 5.74) is 3.64. The topological polar surface area (TPSA) is 75.8 Å². The third-order valence-corrected chi connectivity index (χ3v) is 7.97. The van der Waals surface area contributed by atoms with Gasteiger partial charge in [-0.1, -0.05) is 19.9 Å². The van der Waals surface area contributed by atoms with Crippen LogP contribution in [-0.2, 0) is 0 Å². The van der Waals surface area contributed by atoms with Crippen LogP contribution in [0.5, 0.6) is 0 Å². The predicted molar refractivity (Wildman–Crippen MR) is 137 cm³/mol. The van der Waals surface area contributed by atoms with Crippen molar-refractivity contribution < 1.29 is 14.0 Å². The van der Waals surface area contributed by atoms with E-state index >= 15 is 0 Å². The van der Waals surface area contributed by atoms with E-state index in [0.717, 1.165) is 52.0 Å². The molecular weight excluding hydrogens is 463 g/mol. The van der Waals surface area contributed by atoms with E-state index in [1.165, 1.54) is 11.8 Å². The van der Waals surface area contributed by atoms with Crippen LogP contribution < -0.4 is 20.2 Å². The van der Waals surface area contributed by atoms with Crippen LogP contribution in [0, 0.1) is 12.7 Å². The molecule has 0 spiro atoms. The molecule has 0 unspecified atom stereocenters. The second-order valence-electron chi connectivity index (χ2n) is 9.23. The summed E-state index contributed by atoms with van der Waals surface area (Å²) in [5.74, 6) is 1.32. The van der Waals surface area contributed by atoms with E-state index in [1.54, 1.807) is 23.2 Å². The predicted octanol–water partition coefficient (Wildman–Crippen LogP) is 4.88. The van der Waals surface area contributed by atoms with E-state index in [0.29, 0.717) is 17.7 Å². The molecule has 0 amide bonds. The lowest BCUT2D eigenvalue weighted by molar-refractivity contribution is -0.884. The van der Waals surface area contributed by atoms with Gasteiger partial charge in [-0.15, -0.1) is 11.3 Å². The number of piperidine rings is 1. The highest BCUT2D eigenvalue weighted by Crippen LogP contribution is 2.41. The average Bonchev–Trinajstić information content (AvgIpc) is 3.21. The molecule has 4 aromatic heterocycles. The molecule has 9 heteroatoms. The number of rotatable bonds is 6. The lowest BCUT2D eigenvalue weighted by atomic mass is 9.91. The molecular formula is C26H30FN6OS+. The maximum atomic E-state index is 15.0. The van der Waals surface area contributed by atoms with Crippen LogP contribution in [0.1, 0.15) is 55.2 Å². The van der Waals surface area contributed by atoms with Crippen LogP contribution in [0.4, 0.5) is 16.2 Å². The number of nitrogens with zero attached hydrogens (tertiary/aromatic N) is 4. The molecule has 0 radical (unpaired) electrons. The first-order chi connectivity index (χ1) is 16.9. The maximum absolute atomic E-state index is 15.0. The molecule has 182 valence electrons. The fraction of sp³-hybridized carbons (Fsp3) is 0.385. The minimum absolute atomic E-state index is 0.284. The highest BCUT2D eigenvalue weighted by atomic mass is 32.1. The third-order valence-electron chi connectivity index (χ3n) is 6.61. The molecule has 1 aliphatic rings. The molecule has 0 atom stereocenters. The Morgan fingerprint density at radius 1 is 1.17 bits per heavy atom. The number of hydrogen-bond acceptors (Lipinski definition) is 7. The zero-order valence-electron chi connectivity index (χ0n) is 20.4. The highest BCUT2D eigenvalue weighted by Gasteiger charge is 2.23. The number of halogens is 1. The number of anilines is 2. The molecule has 4 aromatic rings. The van der Waals surface area contributed by atoms with Gasteiger partial charge in [0.05, 0.1) is 21.2 Å². The fourth-order valence-electron chi connectivity index (χ4n) is 4.58. The van der Waals surface area contributed by atoms with E-state index in [1.807, 2.05) is 31.6 Å². The summed E-state index contributed by atoms with van der Waals surface area (Å²) in [5, 5.41) is 7.56. The largest absolute Gasteiger partial charge is 0.317 e. The first-order valence-electron chi connectivity index (χ1n) is 11.9. The summed E-state index contributed by atoms with van der Waals surface area (Å²) in [6.07, 6.45) is 9.29. The molecule has 1 saturated heterocycles. The lowest BCUT2D eigenvalue weighted by Gasteiger charge is -2.22. The molecule has 0 saturated carbocycles. The van der Waals surface area contributed by atoms with Crippen molar-refractivity contribution in [3.05, 3.63) is 59.4 Å². The second-order valence-corrected chi connectivity index (χ2v) is 10.2. The Labute approximate surface area is 208 Å². The van der Waals surface area contributed by atoms with Crippen molar-refractivity contribution in [2.45, 2.75) is 45.4 Å². The summed E-state index contributed by atoms with van der Waals surface area (Å²) in [4.78, 5) is 19.5. The van der Waals surface area contributed by atoms with Gasteiger partial charge >= 0.3 is 0 Å². The highest BCUT2D eigenvalue weighted by molar-refractivity contribution is 7.22. The molecule has 1 aliphatic heterocycles. The Hall–Kier alpha value is -3.17. The Morgan fingerprint density at radius 3 is 2.66 bits per heavy atom. The summed E-state index contributed by atoms with van der Waals surface area (Å²) < 4.78 is 17.8. The minimum atomic E-state index is -0.454. The van der Waals surface area contributed by atoms with Crippen LogP contribution in [0.3, 0.4) is 0 Å². The van der Waals surface area contributed by atoms with Gasteiger partial charge in [0.25, 0.3) is 0 Å². The van der Waals surface area contributed by atoms with Gasteiger partial charge in [0, 0.05) is 16.5 Å². The Balaban J connectivity index is 1.47. The Bertz CT molecular complexity index is 1350. The molecule has 0 aromatic carbocycles. The van der Waals surface area contributed by atoms with E-state index in [2.05, 4.69) is 45.5 Å². The number of aryl methyl sites for hydroxylation is 1. The quantitative estimate of drug-likeness (QED) is 0.373. The number of thiophene rings is 1. The molecule has 1 fully saturated rings. The summed E-state index contributed by atoms with van der Waals surface area (Å²) in [6.45, 7) is 8.35. The average molecular weight is 494 g/mol. The third kappa shape index (κ3) is 4.70. The van der Waals surface area contributed by atoms with Crippen molar-refractivity contribution in [1.29, 1.82) is 0 Å². The SMILES string of the molecule is CO[n+]1cc(C(C)C)c2sc(-c3nc(Nc4ccc(C5CCNCC5)cn4)ncc3F)c(C)c2c1. The van der Waals surface area contributed by atoms with Crippen LogP contribution in [-0.4, -0.2) is 35.2 Å². The molecule has 0 bridgehead atoms. The Kier molecular flexibility index (Phi) is 6.62. The molecule has 35 heavy (non-hydrogen) atoms. The molecule has 5 heterocycles. The summed E-state index contributed by atoms with van der Waals surface area (Å²) in [7, 11) is 1.63. The van der Waals surface area contributed by atoms with Crippen molar-refractivity contribution in [3.8, 4) is 10.6 Å². The van der Waals surface area contributed by atoms with Gasteiger partial charge in [-0.05, 0) is 61.9 Å². The maximum Gasteiger partial charge on any atom is 0.231 e. The Morgan fingerprint density at radius 2 is 1.97 bits per heavy atom. The normalized spacial score (nSPS) is 14.6. The van der Waals surface area contributed by atoms with Crippen molar-refractivity contribution in [2.24, 2.45) is 0 Å². The van der Waals surface area contributed by atoms with Gasteiger partial charge < -0.3 is 10.6 Å². The van der Waals surface area contributed by atoms with Crippen LogP contribution >= 0.6 is 11.3 Å². The number of hydrogen-bond donors (Lipinski definition) is 2. The van der Waals surface area contributed by atoms with Crippen LogP contribution in [0.2, 0.25) is 0 Å². The number of pyridine rings is 2.